The van der Waals surface area contributed by atoms with Crippen LogP contribution in [0.25, 0.3) is 0 Å². The molecule has 1 aromatic rings. The van der Waals surface area contributed by atoms with Crippen molar-refractivity contribution in [3.05, 3.63) is 29.8 Å². The molecule has 2 atom stereocenters. The monoisotopic (exact) mass is 292 g/mol. The standard InChI is InChI=1S/C15H20N2O4/c1-10-8-20-11(2)7-17(10)15(19)12-4-3-5-13(6-12)21-9-14(16)18/h3-6,10-11H,7-9H2,1-2H3,(H2,16,18). The van der Waals surface area contributed by atoms with Gasteiger partial charge in [0.05, 0.1) is 18.8 Å². The highest BCUT2D eigenvalue weighted by molar-refractivity contribution is 5.95. The molecule has 1 heterocycles. The van der Waals surface area contributed by atoms with Crippen molar-refractivity contribution in [2.24, 2.45) is 5.73 Å². The van der Waals surface area contributed by atoms with Crippen molar-refractivity contribution in [1.29, 1.82) is 0 Å². The zero-order chi connectivity index (χ0) is 15.4. The first-order valence-corrected chi connectivity index (χ1v) is 6.91. The Balaban J connectivity index is 2.11. The number of carbonyl (C=O) groups excluding carboxylic acids is 2. The lowest BCUT2D eigenvalue weighted by Crippen LogP contribution is -2.50. The highest BCUT2D eigenvalue weighted by Gasteiger charge is 2.28. The van der Waals surface area contributed by atoms with Gasteiger partial charge in [-0.3, -0.25) is 9.59 Å². The third-order valence-electron chi connectivity index (χ3n) is 3.33. The Kier molecular flexibility index (Phi) is 4.80. The molecule has 1 aliphatic heterocycles. The molecule has 21 heavy (non-hydrogen) atoms. The zero-order valence-electron chi connectivity index (χ0n) is 12.2. The van der Waals surface area contributed by atoms with Gasteiger partial charge in [-0.25, -0.2) is 0 Å². The van der Waals surface area contributed by atoms with Crippen molar-refractivity contribution in [2.45, 2.75) is 26.0 Å². The summed E-state index contributed by atoms with van der Waals surface area (Å²) in [6, 6.07) is 6.79. The van der Waals surface area contributed by atoms with Crippen LogP contribution in [0.4, 0.5) is 0 Å². The lowest BCUT2D eigenvalue weighted by Gasteiger charge is -2.36. The highest BCUT2D eigenvalue weighted by atomic mass is 16.5. The third-order valence-corrected chi connectivity index (χ3v) is 3.33. The van der Waals surface area contributed by atoms with E-state index in [2.05, 4.69) is 0 Å². The molecule has 0 saturated carbocycles. The number of hydrogen-bond acceptors (Lipinski definition) is 4. The fraction of sp³-hybridized carbons (Fsp3) is 0.467. The van der Waals surface area contributed by atoms with Gasteiger partial charge < -0.3 is 20.1 Å². The average molecular weight is 292 g/mol. The van der Waals surface area contributed by atoms with Crippen LogP contribution in [0, 0.1) is 0 Å². The third kappa shape index (κ3) is 3.95. The van der Waals surface area contributed by atoms with Gasteiger partial charge in [0.25, 0.3) is 11.8 Å². The van der Waals surface area contributed by atoms with E-state index < -0.39 is 5.91 Å². The van der Waals surface area contributed by atoms with Crippen molar-refractivity contribution in [3.63, 3.8) is 0 Å². The quantitative estimate of drug-likeness (QED) is 0.890. The van der Waals surface area contributed by atoms with Gasteiger partial charge in [-0.2, -0.15) is 0 Å². The van der Waals surface area contributed by atoms with Gasteiger partial charge in [0.2, 0.25) is 0 Å². The minimum atomic E-state index is -0.553. The van der Waals surface area contributed by atoms with E-state index >= 15 is 0 Å². The molecule has 0 radical (unpaired) electrons. The summed E-state index contributed by atoms with van der Waals surface area (Å²) >= 11 is 0. The van der Waals surface area contributed by atoms with Crippen molar-refractivity contribution in [1.82, 2.24) is 4.90 Å². The van der Waals surface area contributed by atoms with Crippen LogP contribution in [-0.4, -0.2) is 48.6 Å². The predicted octanol–water partition coefficient (Wildman–Crippen LogP) is 0.800. The zero-order valence-corrected chi connectivity index (χ0v) is 12.2. The lowest BCUT2D eigenvalue weighted by molar-refractivity contribution is -0.119. The number of amides is 2. The molecule has 6 nitrogen and oxygen atoms in total. The van der Waals surface area contributed by atoms with Crippen LogP contribution in [0.15, 0.2) is 24.3 Å². The Morgan fingerprint density at radius 1 is 1.43 bits per heavy atom. The first kappa shape index (κ1) is 15.3. The number of primary amides is 1. The number of rotatable bonds is 4. The maximum atomic E-state index is 12.6. The minimum Gasteiger partial charge on any atom is -0.484 e. The smallest absolute Gasteiger partial charge is 0.255 e. The van der Waals surface area contributed by atoms with Gasteiger partial charge in [0, 0.05) is 12.1 Å². The molecule has 1 saturated heterocycles. The molecule has 1 aliphatic rings. The SMILES string of the molecule is CC1CN(C(=O)c2cccc(OCC(N)=O)c2)C(C)CO1. The fourth-order valence-electron chi connectivity index (χ4n) is 2.23. The Morgan fingerprint density at radius 2 is 2.19 bits per heavy atom. The first-order chi connectivity index (χ1) is 9.97. The van der Waals surface area contributed by atoms with Crippen LogP contribution in [0.2, 0.25) is 0 Å². The summed E-state index contributed by atoms with van der Waals surface area (Å²) in [6.07, 6.45) is 0.0273. The number of nitrogens with two attached hydrogens (primary N) is 1. The Morgan fingerprint density at radius 3 is 2.90 bits per heavy atom. The van der Waals surface area contributed by atoms with Crippen LogP contribution in [0.1, 0.15) is 24.2 Å². The summed E-state index contributed by atoms with van der Waals surface area (Å²) in [5, 5.41) is 0. The molecular weight excluding hydrogens is 272 g/mol. The van der Waals surface area contributed by atoms with Gasteiger partial charge >= 0.3 is 0 Å². The van der Waals surface area contributed by atoms with E-state index in [0.717, 1.165) is 0 Å². The summed E-state index contributed by atoms with van der Waals surface area (Å²) in [7, 11) is 0. The van der Waals surface area contributed by atoms with E-state index in [9.17, 15) is 9.59 Å². The van der Waals surface area contributed by atoms with Gasteiger partial charge in [0.15, 0.2) is 6.61 Å². The number of morpholine rings is 1. The number of nitrogens with zero attached hydrogens (tertiary/aromatic N) is 1. The number of benzene rings is 1. The summed E-state index contributed by atoms with van der Waals surface area (Å²) < 4.78 is 10.7. The van der Waals surface area contributed by atoms with E-state index in [1.165, 1.54) is 0 Å². The van der Waals surface area contributed by atoms with Gasteiger partial charge in [0.1, 0.15) is 5.75 Å². The van der Waals surface area contributed by atoms with Gasteiger partial charge in [-0.15, -0.1) is 0 Å². The molecular formula is C15H20N2O4. The molecule has 0 bridgehead atoms. The molecule has 2 unspecified atom stereocenters. The Hall–Kier alpha value is -2.08. The van der Waals surface area contributed by atoms with Gasteiger partial charge in [-0.05, 0) is 32.0 Å². The minimum absolute atomic E-state index is 0.0273. The molecule has 0 aliphatic carbocycles. The maximum Gasteiger partial charge on any atom is 0.255 e. The molecule has 1 fully saturated rings. The molecule has 6 heteroatoms. The number of carbonyl (C=O) groups is 2. The fourth-order valence-corrected chi connectivity index (χ4v) is 2.23. The van der Waals surface area contributed by atoms with E-state index in [0.29, 0.717) is 24.5 Å². The lowest BCUT2D eigenvalue weighted by atomic mass is 10.1. The van der Waals surface area contributed by atoms with Crippen LogP contribution in [-0.2, 0) is 9.53 Å². The summed E-state index contributed by atoms with van der Waals surface area (Å²) in [4.78, 5) is 25.1. The van der Waals surface area contributed by atoms with Crippen molar-refractivity contribution < 1.29 is 19.1 Å². The van der Waals surface area contributed by atoms with E-state index in [-0.39, 0.29) is 24.7 Å². The van der Waals surface area contributed by atoms with Crippen LogP contribution >= 0.6 is 0 Å². The second-order valence-electron chi connectivity index (χ2n) is 5.23. The Bertz CT molecular complexity index is 532. The van der Waals surface area contributed by atoms with Gasteiger partial charge in [-0.1, -0.05) is 6.07 Å². The summed E-state index contributed by atoms with van der Waals surface area (Å²) in [5.41, 5.74) is 5.56. The molecule has 0 aromatic heterocycles. The Labute approximate surface area is 123 Å². The van der Waals surface area contributed by atoms with Crippen molar-refractivity contribution in [2.75, 3.05) is 19.8 Å². The molecule has 1 aromatic carbocycles. The number of ether oxygens (including phenoxy) is 2. The topological polar surface area (TPSA) is 81.9 Å². The molecule has 2 rings (SSSR count). The van der Waals surface area contributed by atoms with Crippen LogP contribution in [0.5, 0.6) is 5.75 Å². The largest absolute Gasteiger partial charge is 0.484 e. The average Bonchev–Trinajstić information content (AvgIpc) is 2.47. The predicted molar refractivity (Wildman–Crippen MR) is 77.0 cm³/mol. The molecule has 114 valence electrons. The maximum absolute atomic E-state index is 12.6. The van der Waals surface area contributed by atoms with E-state index in [4.69, 9.17) is 15.2 Å². The second-order valence-corrected chi connectivity index (χ2v) is 5.23. The summed E-state index contributed by atoms with van der Waals surface area (Å²) in [5.74, 6) is -0.168. The first-order valence-electron chi connectivity index (χ1n) is 6.91. The van der Waals surface area contributed by atoms with Crippen molar-refractivity contribution in [3.8, 4) is 5.75 Å². The van der Waals surface area contributed by atoms with Crippen molar-refractivity contribution >= 4 is 11.8 Å². The van der Waals surface area contributed by atoms with Crippen LogP contribution in [0.3, 0.4) is 0 Å². The highest BCUT2D eigenvalue weighted by Crippen LogP contribution is 2.19. The van der Waals surface area contributed by atoms with Crippen LogP contribution < -0.4 is 10.5 Å². The molecule has 2 N–H and O–H groups in total. The van der Waals surface area contributed by atoms with E-state index in [1.807, 2.05) is 13.8 Å². The second kappa shape index (κ2) is 6.58. The molecule has 0 spiro atoms. The normalized spacial score (nSPS) is 21.9. The molecule has 2 amide bonds. The number of hydrogen-bond donors (Lipinski definition) is 1. The summed E-state index contributed by atoms with van der Waals surface area (Å²) in [6.45, 7) is 4.79. The van der Waals surface area contributed by atoms with E-state index in [1.54, 1.807) is 29.2 Å².